The van der Waals surface area contributed by atoms with Gasteiger partial charge in [0.15, 0.2) is 5.13 Å². The van der Waals surface area contributed by atoms with Gasteiger partial charge in [-0.05, 0) is 30.3 Å². The van der Waals surface area contributed by atoms with Gasteiger partial charge in [-0.3, -0.25) is 5.43 Å². The molecule has 2 aromatic carbocycles. The zero-order valence-electron chi connectivity index (χ0n) is 10.8. The van der Waals surface area contributed by atoms with Crippen LogP contribution in [-0.4, -0.2) is 4.98 Å². The Labute approximate surface area is 135 Å². The van der Waals surface area contributed by atoms with Crippen molar-refractivity contribution < 1.29 is 4.74 Å². The SMILES string of the molecule is NNc1nc2ccc(OCc3ccc(Cl)cc3Cl)cc2s1. The molecule has 3 rings (SSSR count). The first-order valence-electron chi connectivity index (χ1n) is 6.09. The van der Waals surface area contributed by atoms with E-state index in [2.05, 4.69) is 10.4 Å². The molecule has 1 aromatic heterocycles. The number of nitrogens with zero attached hydrogens (tertiary/aromatic N) is 1. The molecule has 0 saturated heterocycles. The van der Waals surface area contributed by atoms with Crippen LogP contribution in [0.2, 0.25) is 10.0 Å². The molecule has 0 atom stereocenters. The Hall–Kier alpha value is -1.53. The molecule has 0 aliphatic carbocycles. The van der Waals surface area contributed by atoms with Crippen molar-refractivity contribution in [2.24, 2.45) is 5.84 Å². The number of fused-ring (bicyclic) bond motifs is 1. The number of benzene rings is 2. The van der Waals surface area contributed by atoms with E-state index in [0.29, 0.717) is 21.8 Å². The van der Waals surface area contributed by atoms with E-state index >= 15 is 0 Å². The summed E-state index contributed by atoms with van der Waals surface area (Å²) >= 11 is 13.5. The van der Waals surface area contributed by atoms with Crippen LogP contribution in [0.4, 0.5) is 5.13 Å². The van der Waals surface area contributed by atoms with E-state index in [1.165, 1.54) is 11.3 Å². The summed E-state index contributed by atoms with van der Waals surface area (Å²) in [7, 11) is 0. The summed E-state index contributed by atoms with van der Waals surface area (Å²) in [5.41, 5.74) is 4.31. The van der Waals surface area contributed by atoms with Gasteiger partial charge in [-0.1, -0.05) is 40.6 Å². The number of halogens is 2. The third-order valence-electron chi connectivity index (χ3n) is 2.89. The highest BCUT2D eigenvalue weighted by Crippen LogP contribution is 2.29. The molecule has 0 amide bonds. The van der Waals surface area contributed by atoms with E-state index in [1.54, 1.807) is 12.1 Å². The highest BCUT2D eigenvalue weighted by Gasteiger charge is 2.06. The molecule has 4 nitrogen and oxygen atoms in total. The fourth-order valence-electron chi connectivity index (χ4n) is 1.86. The topological polar surface area (TPSA) is 60.2 Å². The number of rotatable bonds is 4. The molecule has 0 aliphatic heterocycles. The lowest BCUT2D eigenvalue weighted by Gasteiger charge is -2.08. The number of hydrogen-bond donors (Lipinski definition) is 2. The minimum atomic E-state index is 0.377. The summed E-state index contributed by atoms with van der Waals surface area (Å²) in [6, 6.07) is 11.0. The standard InChI is InChI=1S/C14H11Cl2N3OS/c15-9-2-1-8(11(16)5-9)7-20-10-3-4-12-13(6-10)21-14(18-12)19-17/h1-6H,7,17H2,(H,18,19). The third-order valence-corrected chi connectivity index (χ3v) is 4.43. The Balaban J connectivity index is 1.78. The number of nitrogen functional groups attached to an aromatic ring is 1. The Kier molecular flexibility index (Phi) is 4.17. The van der Waals surface area contributed by atoms with Crippen molar-refractivity contribution in [2.75, 3.05) is 5.43 Å². The largest absolute Gasteiger partial charge is 0.489 e. The second-order valence-electron chi connectivity index (χ2n) is 4.32. The van der Waals surface area contributed by atoms with Gasteiger partial charge in [0.2, 0.25) is 0 Å². The highest BCUT2D eigenvalue weighted by molar-refractivity contribution is 7.22. The molecule has 0 saturated carbocycles. The lowest BCUT2D eigenvalue weighted by atomic mass is 10.2. The molecule has 0 spiro atoms. The number of ether oxygens (including phenoxy) is 1. The molecule has 108 valence electrons. The van der Waals surface area contributed by atoms with Crippen LogP contribution in [0.1, 0.15) is 5.56 Å². The number of nitrogens with one attached hydrogen (secondary N) is 1. The lowest BCUT2D eigenvalue weighted by Crippen LogP contribution is -2.05. The van der Waals surface area contributed by atoms with Gasteiger partial charge in [-0.25, -0.2) is 10.8 Å². The van der Waals surface area contributed by atoms with Gasteiger partial charge in [-0.15, -0.1) is 0 Å². The first-order valence-corrected chi connectivity index (χ1v) is 7.67. The number of hydrogen-bond acceptors (Lipinski definition) is 5. The van der Waals surface area contributed by atoms with Crippen LogP contribution < -0.4 is 16.0 Å². The van der Waals surface area contributed by atoms with Gasteiger partial charge in [0.25, 0.3) is 0 Å². The van der Waals surface area contributed by atoms with E-state index in [0.717, 1.165) is 21.5 Å². The van der Waals surface area contributed by atoms with Crippen LogP contribution in [-0.2, 0) is 6.61 Å². The van der Waals surface area contributed by atoms with Crippen LogP contribution in [0.15, 0.2) is 36.4 Å². The van der Waals surface area contributed by atoms with Crippen LogP contribution in [0.5, 0.6) is 5.75 Å². The number of thiazole rings is 1. The molecular weight excluding hydrogens is 329 g/mol. The van der Waals surface area contributed by atoms with E-state index in [1.807, 2.05) is 24.3 Å². The van der Waals surface area contributed by atoms with Crippen molar-refractivity contribution >= 4 is 49.9 Å². The fourth-order valence-corrected chi connectivity index (χ4v) is 3.12. The first kappa shape index (κ1) is 14.4. The molecular formula is C14H11Cl2N3OS. The van der Waals surface area contributed by atoms with Crippen molar-refractivity contribution in [1.82, 2.24) is 4.98 Å². The predicted octanol–water partition coefficient (Wildman–Crippen LogP) is 4.47. The zero-order chi connectivity index (χ0) is 14.8. The fraction of sp³-hybridized carbons (Fsp3) is 0.0714. The molecule has 0 radical (unpaired) electrons. The van der Waals surface area contributed by atoms with Gasteiger partial charge in [-0.2, -0.15) is 0 Å². The Morgan fingerprint density at radius 2 is 2.05 bits per heavy atom. The Bertz CT molecular complexity index is 791. The lowest BCUT2D eigenvalue weighted by molar-refractivity contribution is 0.307. The van der Waals surface area contributed by atoms with Gasteiger partial charge < -0.3 is 4.74 Å². The predicted molar refractivity (Wildman–Crippen MR) is 88.2 cm³/mol. The minimum absolute atomic E-state index is 0.377. The average molecular weight is 340 g/mol. The number of nitrogens with two attached hydrogens (primary N) is 1. The molecule has 0 bridgehead atoms. The minimum Gasteiger partial charge on any atom is -0.489 e. The maximum absolute atomic E-state index is 6.12. The summed E-state index contributed by atoms with van der Waals surface area (Å²) in [4.78, 5) is 4.31. The second-order valence-corrected chi connectivity index (χ2v) is 6.19. The van der Waals surface area contributed by atoms with Crippen LogP contribution in [0.25, 0.3) is 10.2 Å². The van der Waals surface area contributed by atoms with Crippen molar-refractivity contribution in [3.8, 4) is 5.75 Å². The highest BCUT2D eigenvalue weighted by atomic mass is 35.5. The van der Waals surface area contributed by atoms with Gasteiger partial charge in [0.1, 0.15) is 12.4 Å². The van der Waals surface area contributed by atoms with Gasteiger partial charge >= 0.3 is 0 Å². The van der Waals surface area contributed by atoms with Crippen molar-refractivity contribution in [3.63, 3.8) is 0 Å². The van der Waals surface area contributed by atoms with Gasteiger partial charge in [0, 0.05) is 15.6 Å². The van der Waals surface area contributed by atoms with Crippen molar-refractivity contribution in [1.29, 1.82) is 0 Å². The van der Waals surface area contributed by atoms with E-state index < -0.39 is 0 Å². The monoisotopic (exact) mass is 339 g/mol. The summed E-state index contributed by atoms with van der Waals surface area (Å²) in [5.74, 6) is 6.11. The summed E-state index contributed by atoms with van der Waals surface area (Å²) in [6.07, 6.45) is 0. The van der Waals surface area contributed by atoms with E-state index in [9.17, 15) is 0 Å². The Morgan fingerprint density at radius 1 is 1.19 bits per heavy atom. The average Bonchev–Trinajstić information content (AvgIpc) is 2.88. The second kappa shape index (κ2) is 6.07. The molecule has 21 heavy (non-hydrogen) atoms. The number of aromatic nitrogens is 1. The quantitative estimate of drug-likeness (QED) is 0.543. The van der Waals surface area contributed by atoms with E-state index in [4.69, 9.17) is 33.8 Å². The van der Waals surface area contributed by atoms with Gasteiger partial charge in [0.05, 0.1) is 10.2 Å². The maximum atomic E-state index is 6.12. The maximum Gasteiger partial charge on any atom is 0.198 e. The smallest absolute Gasteiger partial charge is 0.198 e. The molecule has 7 heteroatoms. The summed E-state index contributed by atoms with van der Waals surface area (Å²) in [5, 5.41) is 1.87. The normalized spacial score (nSPS) is 10.8. The molecule has 1 heterocycles. The van der Waals surface area contributed by atoms with Crippen LogP contribution in [0.3, 0.4) is 0 Å². The third kappa shape index (κ3) is 3.22. The molecule has 0 fully saturated rings. The summed E-state index contributed by atoms with van der Waals surface area (Å²) in [6.45, 7) is 0.377. The molecule has 3 aromatic rings. The Morgan fingerprint density at radius 3 is 2.81 bits per heavy atom. The number of hydrazine groups is 1. The summed E-state index contributed by atoms with van der Waals surface area (Å²) < 4.78 is 6.77. The zero-order valence-corrected chi connectivity index (χ0v) is 13.1. The molecule has 0 aliphatic rings. The number of anilines is 1. The van der Waals surface area contributed by atoms with Crippen LogP contribution >= 0.6 is 34.5 Å². The molecule has 0 unspecified atom stereocenters. The van der Waals surface area contributed by atoms with E-state index in [-0.39, 0.29) is 0 Å². The van der Waals surface area contributed by atoms with Crippen LogP contribution in [0, 0.1) is 0 Å². The van der Waals surface area contributed by atoms with Crippen molar-refractivity contribution in [3.05, 3.63) is 52.0 Å². The first-order chi connectivity index (χ1) is 10.2. The van der Waals surface area contributed by atoms with Crippen molar-refractivity contribution in [2.45, 2.75) is 6.61 Å². The molecule has 3 N–H and O–H groups in total.